The molecule has 2 rings (SSSR count). The summed E-state index contributed by atoms with van der Waals surface area (Å²) in [6.07, 6.45) is 0.814. The summed E-state index contributed by atoms with van der Waals surface area (Å²) in [4.78, 5) is 12.3. The lowest BCUT2D eigenvalue weighted by molar-refractivity contribution is 0.0504. The smallest absolute Gasteiger partial charge is 0.274 e. The van der Waals surface area contributed by atoms with E-state index in [1.165, 1.54) is 11.8 Å². The molecule has 1 aromatic heterocycles. The van der Waals surface area contributed by atoms with Gasteiger partial charge >= 0.3 is 0 Å². The van der Waals surface area contributed by atoms with Crippen molar-refractivity contribution in [2.45, 2.75) is 19.6 Å². The van der Waals surface area contributed by atoms with Crippen molar-refractivity contribution in [1.82, 2.24) is 9.78 Å². The topological polar surface area (TPSA) is 64.3 Å². The summed E-state index contributed by atoms with van der Waals surface area (Å²) in [5, 5.41) is 13.7. The molecule has 20 heavy (non-hydrogen) atoms. The average Bonchev–Trinajstić information content (AvgIpc) is 2.43. The fraction of sp³-hybridized carbons (Fsp3) is 0.333. The maximum Gasteiger partial charge on any atom is 0.274 e. The predicted octanol–water partition coefficient (Wildman–Crippen LogP) is 1.23. The van der Waals surface area contributed by atoms with E-state index < -0.39 is 6.10 Å². The van der Waals surface area contributed by atoms with Gasteiger partial charge in [0.2, 0.25) is 0 Å². The quantitative estimate of drug-likeness (QED) is 0.890. The van der Waals surface area contributed by atoms with E-state index in [1.807, 2.05) is 31.2 Å². The molecule has 2 aromatic rings. The average molecular weight is 274 g/mol. The van der Waals surface area contributed by atoms with Crippen LogP contribution in [-0.4, -0.2) is 34.7 Å². The van der Waals surface area contributed by atoms with Gasteiger partial charge in [-0.15, -0.1) is 0 Å². The molecule has 0 saturated carbocycles. The van der Waals surface area contributed by atoms with E-state index in [9.17, 15) is 9.90 Å². The van der Waals surface area contributed by atoms with Crippen molar-refractivity contribution in [1.29, 1.82) is 0 Å². The van der Waals surface area contributed by atoms with Crippen LogP contribution in [0.4, 0.5) is 0 Å². The van der Waals surface area contributed by atoms with Crippen LogP contribution in [-0.2, 0) is 11.3 Å². The molecule has 0 bridgehead atoms. The van der Waals surface area contributed by atoms with E-state index in [-0.39, 0.29) is 18.7 Å². The summed E-state index contributed by atoms with van der Waals surface area (Å²) >= 11 is 0. The highest BCUT2D eigenvalue weighted by Gasteiger charge is 2.10. The number of nitrogens with zero attached hydrogens (tertiary/aromatic N) is 2. The Morgan fingerprint density at radius 3 is 2.65 bits per heavy atom. The number of aromatic nitrogens is 2. The number of ether oxygens (including phenoxy) is 1. The van der Waals surface area contributed by atoms with Crippen molar-refractivity contribution in [2.24, 2.45) is 0 Å². The van der Waals surface area contributed by atoms with Crippen LogP contribution >= 0.6 is 0 Å². The molecular formula is C15H18N2O3. The van der Waals surface area contributed by atoms with Gasteiger partial charge in [0.25, 0.3) is 5.56 Å². The van der Waals surface area contributed by atoms with Crippen molar-refractivity contribution in [3.8, 4) is 11.1 Å². The molecule has 0 aliphatic rings. The third-order valence-corrected chi connectivity index (χ3v) is 3.02. The molecule has 106 valence electrons. The Labute approximate surface area is 117 Å². The first-order chi connectivity index (χ1) is 9.61. The number of aliphatic hydroxyl groups is 1. The first-order valence-electron chi connectivity index (χ1n) is 6.42. The Balaban J connectivity index is 2.32. The van der Waals surface area contributed by atoms with Gasteiger partial charge in [0, 0.05) is 13.3 Å². The highest BCUT2D eigenvalue weighted by atomic mass is 16.5. The number of aliphatic hydroxyl groups excluding tert-OH is 1. The summed E-state index contributed by atoms with van der Waals surface area (Å²) < 4.78 is 6.11. The molecular weight excluding hydrogens is 256 g/mol. The largest absolute Gasteiger partial charge is 0.389 e. The lowest BCUT2D eigenvalue weighted by Gasteiger charge is -2.11. The molecule has 1 N–H and O–H groups in total. The van der Waals surface area contributed by atoms with Crippen LogP contribution in [0.2, 0.25) is 0 Å². The summed E-state index contributed by atoms with van der Waals surface area (Å²) in [5.74, 6) is 0. The predicted molar refractivity (Wildman–Crippen MR) is 76.6 cm³/mol. The minimum atomic E-state index is -0.751. The fourth-order valence-corrected chi connectivity index (χ4v) is 1.98. The molecule has 5 nitrogen and oxygen atoms in total. The molecule has 0 unspecified atom stereocenters. The lowest BCUT2D eigenvalue weighted by atomic mass is 10.1. The van der Waals surface area contributed by atoms with E-state index in [4.69, 9.17) is 4.74 Å². The molecule has 1 aromatic carbocycles. The zero-order chi connectivity index (χ0) is 14.5. The number of methoxy groups -OCH3 is 1. The summed E-state index contributed by atoms with van der Waals surface area (Å²) in [6, 6.07) is 9.41. The number of hydrogen-bond acceptors (Lipinski definition) is 4. The van der Waals surface area contributed by atoms with Gasteiger partial charge in [0.15, 0.2) is 0 Å². The maximum atomic E-state index is 12.3. The number of hydrogen-bond donors (Lipinski definition) is 1. The van der Waals surface area contributed by atoms with Gasteiger partial charge in [-0.1, -0.05) is 29.8 Å². The monoisotopic (exact) mass is 274 g/mol. The molecule has 0 aliphatic heterocycles. The second kappa shape index (κ2) is 6.45. The van der Waals surface area contributed by atoms with E-state index in [1.54, 1.807) is 12.3 Å². The van der Waals surface area contributed by atoms with E-state index in [2.05, 4.69) is 5.10 Å². The zero-order valence-electron chi connectivity index (χ0n) is 11.6. The number of aryl methyl sites for hydroxylation is 1. The number of benzene rings is 1. The molecule has 0 fully saturated rings. The fourth-order valence-electron chi connectivity index (χ4n) is 1.98. The van der Waals surface area contributed by atoms with Gasteiger partial charge in [-0.05, 0) is 18.6 Å². The Kier molecular flexibility index (Phi) is 4.65. The highest BCUT2D eigenvalue weighted by molar-refractivity contribution is 5.62. The van der Waals surface area contributed by atoms with Gasteiger partial charge in [-0.3, -0.25) is 4.79 Å². The second-order valence-electron chi connectivity index (χ2n) is 4.71. The SMILES string of the molecule is COC[C@H](O)Cn1nccc(-c2ccc(C)cc2)c1=O. The van der Waals surface area contributed by atoms with Crippen molar-refractivity contribution < 1.29 is 9.84 Å². The lowest BCUT2D eigenvalue weighted by Crippen LogP contribution is -2.31. The van der Waals surface area contributed by atoms with Crippen LogP contribution in [0.3, 0.4) is 0 Å². The Morgan fingerprint density at radius 2 is 2.00 bits per heavy atom. The summed E-state index contributed by atoms with van der Waals surface area (Å²) in [7, 11) is 1.50. The van der Waals surface area contributed by atoms with Gasteiger partial charge in [0.05, 0.1) is 24.8 Å². The van der Waals surface area contributed by atoms with Crippen LogP contribution in [0.15, 0.2) is 41.3 Å². The first kappa shape index (κ1) is 14.4. The van der Waals surface area contributed by atoms with Gasteiger partial charge in [-0.2, -0.15) is 5.10 Å². The summed E-state index contributed by atoms with van der Waals surface area (Å²) in [6.45, 7) is 2.28. The first-order valence-corrected chi connectivity index (χ1v) is 6.42. The van der Waals surface area contributed by atoms with Gasteiger partial charge < -0.3 is 9.84 Å². The molecule has 1 heterocycles. The van der Waals surface area contributed by atoms with E-state index in [0.717, 1.165) is 11.1 Å². The van der Waals surface area contributed by atoms with Crippen molar-refractivity contribution in [3.05, 3.63) is 52.4 Å². The van der Waals surface area contributed by atoms with Crippen molar-refractivity contribution in [3.63, 3.8) is 0 Å². The molecule has 0 saturated heterocycles. The van der Waals surface area contributed by atoms with Crippen molar-refractivity contribution in [2.75, 3.05) is 13.7 Å². The van der Waals surface area contributed by atoms with Gasteiger partial charge in [0.1, 0.15) is 0 Å². The second-order valence-corrected chi connectivity index (χ2v) is 4.71. The number of rotatable bonds is 5. The minimum Gasteiger partial charge on any atom is -0.389 e. The van der Waals surface area contributed by atoms with E-state index >= 15 is 0 Å². The third kappa shape index (κ3) is 3.31. The van der Waals surface area contributed by atoms with Gasteiger partial charge in [-0.25, -0.2) is 4.68 Å². The summed E-state index contributed by atoms with van der Waals surface area (Å²) in [5.41, 5.74) is 2.34. The molecule has 5 heteroatoms. The Morgan fingerprint density at radius 1 is 1.30 bits per heavy atom. The minimum absolute atomic E-state index is 0.117. The normalized spacial score (nSPS) is 12.3. The highest BCUT2D eigenvalue weighted by Crippen LogP contribution is 2.15. The molecule has 0 radical (unpaired) electrons. The van der Waals surface area contributed by atoms with Crippen LogP contribution in [0.1, 0.15) is 5.56 Å². The van der Waals surface area contributed by atoms with Crippen LogP contribution in [0.5, 0.6) is 0 Å². The standard InChI is InChI=1S/C15H18N2O3/c1-11-3-5-12(6-4-11)14-7-8-16-17(15(14)19)9-13(18)10-20-2/h3-8,13,18H,9-10H2,1-2H3/t13-/m1/s1. The van der Waals surface area contributed by atoms with Crippen LogP contribution < -0.4 is 5.56 Å². The van der Waals surface area contributed by atoms with E-state index in [0.29, 0.717) is 5.56 Å². The molecule has 0 spiro atoms. The van der Waals surface area contributed by atoms with Crippen molar-refractivity contribution >= 4 is 0 Å². The Hall–Kier alpha value is -1.98. The zero-order valence-corrected chi connectivity index (χ0v) is 11.6. The molecule has 0 amide bonds. The molecule has 0 aliphatic carbocycles. The van der Waals surface area contributed by atoms with Crippen LogP contribution in [0.25, 0.3) is 11.1 Å². The molecule has 1 atom stereocenters. The van der Waals surface area contributed by atoms with Crippen LogP contribution in [0, 0.1) is 6.92 Å². The Bertz CT molecular complexity index is 620. The third-order valence-electron chi connectivity index (χ3n) is 3.02. The maximum absolute atomic E-state index is 12.3.